The molecule has 1 aromatic rings. The molecule has 0 saturated heterocycles. The Balaban J connectivity index is 2.67. The Labute approximate surface area is 112 Å². The van der Waals surface area contributed by atoms with Crippen LogP contribution in [0.3, 0.4) is 0 Å². The number of nitrogens with two attached hydrogens (primary N) is 1. The van der Waals surface area contributed by atoms with Crippen LogP contribution in [0.5, 0.6) is 0 Å². The van der Waals surface area contributed by atoms with Gasteiger partial charge in [0, 0.05) is 18.3 Å². The van der Waals surface area contributed by atoms with Crippen molar-refractivity contribution in [2.45, 2.75) is 53.6 Å². The molecule has 2 nitrogen and oxygen atoms in total. The van der Waals surface area contributed by atoms with Gasteiger partial charge in [0.25, 0.3) is 0 Å². The molecule has 0 atom stereocenters. The van der Waals surface area contributed by atoms with Gasteiger partial charge in [-0.2, -0.15) is 0 Å². The lowest BCUT2D eigenvalue weighted by atomic mass is 9.92. The topological polar surface area (TPSA) is 29.3 Å². The van der Waals surface area contributed by atoms with Crippen LogP contribution in [-0.4, -0.2) is 17.5 Å². The lowest BCUT2D eigenvalue weighted by Gasteiger charge is -2.30. The standard InChI is InChI=1S/C16H28N2/c1-13(2)18(11-10-16(3,4)5)12-14-8-6-7-9-15(14)17/h6-9,13H,10-12,17H2,1-5H3. The second kappa shape index (κ2) is 6.24. The van der Waals surface area contributed by atoms with E-state index >= 15 is 0 Å². The third-order valence-corrected chi connectivity index (χ3v) is 3.31. The number of rotatable bonds is 5. The zero-order valence-corrected chi connectivity index (χ0v) is 12.5. The van der Waals surface area contributed by atoms with Gasteiger partial charge in [0.1, 0.15) is 0 Å². The van der Waals surface area contributed by atoms with Crippen molar-refractivity contribution in [2.75, 3.05) is 12.3 Å². The van der Waals surface area contributed by atoms with Crippen molar-refractivity contribution in [2.24, 2.45) is 5.41 Å². The molecular weight excluding hydrogens is 220 g/mol. The van der Waals surface area contributed by atoms with Crippen LogP contribution in [0, 0.1) is 5.41 Å². The number of hydrogen-bond acceptors (Lipinski definition) is 2. The molecule has 0 aromatic heterocycles. The smallest absolute Gasteiger partial charge is 0.0359 e. The van der Waals surface area contributed by atoms with Crippen LogP contribution < -0.4 is 5.73 Å². The van der Waals surface area contributed by atoms with Gasteiger partial charge >= 0.3 is 0 Å². The molecule has 0 heterocycles. The maximum Gasteiger partial charge on any atom is 0.0359 e. The predicted molar refractivity (Wildman–Crippen MR) is 80.5 cm³/mol. The highest BCUT2D eigenvalue weighted by atomic mass is 15.1. The monoisotopic (exact) mass is 248 g/mol. The lowest BCUT2D eigenvalue weighted by Crippen LogP contribution is -2.33. The second-order valence-electron chi connectivity index (χ2n) is 6.57. The van der Waals surface area contributed by atoms with Crippen molar-refractivity contribution in [3.8, 4) is 0 Å². The molecule has 0 amide bonds. The van der Waals surface area contributed by atoms with Crippen molar-refractivity contribution in [1.82, 2.24) is 4.90 Å². The summed E-state index contributed by atoms with van der Waals surface area (Å²) in [6.07, 6.45) is 1.21. The Morgan fingerprint density at radius 1 is 1.17 bits per heavy atom. The number of benzene rings is 1. The molecule has 0 fully saturated rings. The van der Waals surface area contributed by atoms with Crippen molar-refractivity contribution in [3.63, 3.8) is 0 Å². The van der Waals surface area contributed by atoms with E-state index in [2.05, 4.69) is 51.7 Å². The SMILES string of the molecule is CC(C)N(CCC(C)(C)C)Cc1ccccc1N. The van der Waals surface area contributed by atoms with Gasteiger partial charge in [0.05, 0.1) is 0 Å². The van der Waals surface area contributed by atoms with E-state index in [4.69, 9.17) is 5.73 Å². The Bertz CT molecular complexity index is 364. The van der Waals surface area contributed by atoms with Gasteiger partial charge in [0.15, 0.2) is 0 Å². The molecule has 18 heavy (non-hydrogen) atoms. The van der Waals surface area contributed by atoms with E-state index in [1.807, 2.05) is 12.1 Å². The Hall–Kier alpha value is -1.02. The van der Waals surface area contributed by atoms with Crippen LogP contribution in [0.4, 0.5) is 5.69 Å². The summed E-state index contributed by atoms with van der Waals surface area (Å²) in [6.45, 7) is 13.5. The zero-order valence-electron chi connectivity index (χ0n) is 12.5. The van der Waals surface area contributed by atoms with Crippen molar-refractivity contribution >= 4 is 5.69 Å². The molecule has 0 unspecified atom stereocenters. The fourth-order valence-corrected chi connectivity index (χ4v) is 1.90. The first-order valence-corrected chi connectivity index (χ1v) is 6.87. The zero-order chi connectivity index (χ0) is 13.8. The minimum Gasteiger partial charge on any atom is -0.398 e. The molecule has 0 aliphatic heterocycles. The number of anilines is 1. The van der Waals surface area contributed by atoms with E-state index in [1.165, 1.54) is 12.0 Å². The summed E-state index contributed by atoms with van der Waals surface area (Å²) in [4.78, 5) is 2.50. The van der Waals surface area contributed by atoms with Gasteiger partial charge < -0.3 is 5.73 Å². The molecule has 0 spiro atoms. The first-order chi connectivity index (χ1) is 8.29. The third-order valence-electron chi connectivity index (χ3n) is 3.31. The summed E-state index contributed by atoms with van der Waals surface area (Å²) < 4.78 is 0. The first-order valence-electron chi connectivity index (χ1n) is 6.87. The number of hydrogen-bond donors (Lipinski definition) is 1. The number of para-hydroxylation sites is 1. The largest absolute Gasteiger partial charge is 0.398 e. The average molecular weight is 248 g/mol. The van der Waals surface area contributed by atoms with Crippen LogP contribution in [0.25, 0.3) is 0 Å². The lowest BCUT2D eigenvalue weighted by molar-refractivity contribution is 0.181. The van der Waals surface area contributed by atoms with Gasteiger partial charge in [0.2, 0.25) is 0 Å². The molecular formula is C16H28N2. The summed E-state index contributed by atoms with van der Waals surface area (Å²) in [6, 6.07) is 8.72. The first kappa shape index (κ1) is 15.0. The molecule has 1 rings (SSSR count). The Morgan fingerprint density at radius 2 is 1.78 bits per heavy atom. The fourth-order valence-electron chi connectivity index (χ4n) is 1.90. The van der Waals surface area contributed by atoms with Crippen molar-refractivity contribution < 1.29 is 0 Å². The molecule has 2 N–H and O–H groups in total. The Kier molecular flexibility index (Phi) is 5.21. The highest BCUT2D eigenvalue weighted by Gasteiger charge is 2.16. The number of nitrogen functional groups attached to an aromatic ring is 1. The third kappa shape index (κ3) is 5.09. The minimum atomic E-state index is 0.384. The maximum absolute atomic E-state index is 6.02. The van der Waals surface area contributed by atoms with E-state index in [0.29, 0.717) is 11.5 Å². The molecule has 0 bridgehead atoms. The van der Waals surface area contributed by atoms with Gasteiger partial charge in [-0.3, -0.25) is 4.90 Å². The van der Waals surface area contributed by atoms with Crippen LogP contribution in [-0.2, 0) is 6.54 Å². The van der Waals surface area contributed by atoms with Crippen molar-refractivity contribution in [3.05, 3.63) is 29.8 Å². The van der Waals surface area contributed by atoms with Crippen LogP contribution in [0.15, 0.2) is 24.3 Å². The molecule has 2 heteroatoms. The van der Waals surface area contributed by atoms with E-state index < -0.39 is 0 Å². The van der Waals surface area contributed by atoms with E-state index in [9.17, 15) is 0 Å². The summed E-state index contributed by atoms with van der Waals surface area (Å²) in [5.41, 5.74) is 8.55. The predicted octanol–water partition coefficient (Wildman–Crippen LogP) is 3.92. The quantitative estimate of drug-likeness (QED) is 0.800. The number of nitrogens with zero attached hydrogens (tertiary/aromatic N) is 1. The van der Waals surface area contributed by atoms with E-state index in [-0.39, 0.29) is 0 Å². The van der Waals surface area contributed by atoms with Crippen LogP contribution in [0.1, 0.15) is 46.6 Å². The van der Waals surface area contributed by atoms with Crippen LogP contribution in [0.2, 0.25) is 0 Å². The minimum absolute atomic E-state index is 0.384. The molecule has 0 aliphatic carbocycles. The van der Waals surface area contributed by atoms with Crippen LogP contribution >= 0.6 is 0 Å². The molecule has 0 aliphatic rings. The van der Waals surface area contributed by atoms with Gasteiger partial charge in [-0.25, -0.2) is 0 Å². The van der Waals surface area contributed by atoms with Gasteiger partial charge in [-0.15, -0.1) is 0 Å². The van der Waals surface area contributed by atoms with Gasteiger partial charge in [-0.1, -0.05) is 39.0 Å². The molecule has 0 saturated carbocycles. The summed E-state index contributed by atoms with van der Waals surface area (Å²) in [5, 5.41) is 0. The highest BCUT2D eigenvalue weighted by Crippen LogP contribution is 2.21. The second-order valence-corrected chi connectivity index (χ2v) is 6.57. The summed E-state index contributed by atoms with van der Waals surface area (Å²) in [7, 11) is 0. The normalized spacial score (nSPS) is 12.4. The summed E-state index contributed by atoms with van der Waals surface area (Å²) in [5.74, 6) is 0. The summed E-state index contributed by atoms with van der Waals surface area (Å²) >= 11 is 0. The molecule has 102 valence electrons. The van der Waals surface area contributed by atoms with Crippen molar-refractivity contribution in [1.29, 1.82) is 0 Å². The average Bonchev–Trinajstić information content (AvgIpc) is 2.24. The highest BCUT2D eigenvalue weighted by molar-refractivity contribution is 5.46. The fraction of sp³-hybridized carbons (Fsp3) is 0.625. The van der Waals surface area contributed by atoms with E-state index in [0.717, 1.165) is 18.8 Å². The van der Waals surface area contributed by atoms with E-state index in [1.54, 1.807) is 0 Å². The van der Waals surface area contributed by atoms with Gasteiger partial charge in [-0.05, 0) is 43.9 Å². The molecule has 0 radical (unpaired) electrons. The maximum atomic E-state index is 6.02. The Morgan fingerprint density at radius 3 is 2.28 bits per heavy atom. The molecule has 1 aromatic carbocycles.